The van der Waals surface area contributed by atoms with Crippen LogP contribution >= 0.6 is 0 Å². The van der Waals surface area contributed by atoms with Crippen molar-refractivity contribution in [3.05, 3.63) is 89.6 Å². The Bertz CT molecular complexity index is 1690. The summed E-state index contributed by atoms with van der Waals surface area (Å²) in [5, 5.41) is 4.60. The number of aryl methyl sites for hydroxylation is 2. The van der Waals surface area contributed by atoms with E-state index in [-0.39, 0.29) is 23.1 Å². The van der Waals surface area contributed by atoms with Gasteiger partial charge in [0.05, 0.1) is 11.4 Å². The molecule has 0 bridgehead atoms. The van der Waals surface area contributed by atoms with Gasteiger partial charge in [0, 0.05) is 49.7 Å². The minimum Gasteiger partial charge on any atom is -0.406 e. The lowest BCUT2D eigenvalue weighted by molar-refractivity contribution is -0.274. The number of carbonyl (C=O) groups excluding carboxylic acids is 2. The fourth-order valence-electron chi connectivity index (χ4n) is 6.45. The molecule has 2 saturated heterocycles. The molecule has 2 aromatic heterocycles. The Morgan fingerprint density at radius 3 is 2.18 bits per heavy atom. The molecular weight excluding hydrogens is 578 g/mol. The van der Waals surface area contributed by atoms with Crippen LogP contribution in [0.25, 0.3) is 16.9 Å². The van der Waals surface area contributed by atoms with E-state index in [1.165, 1.54) is 24.3 Å². The second kappa shape index (κ2) is 11.1. The second-order valence-electron chi connectivity index (χ2n) is 11.1. The lowest BCUT2D eigenvalue weighted by atomic mass is 9.83. The molecule has 2 aromatic carbocycles. The number of amides is 1. The normalized spacial score (nSPS) is 16.5. The van der Waals surface area contributed by atoms with Gasteiger partial charge in [-0.25, -0.2) is 9.07 Å². The average molecular weight is 608 g/mol. The zero-order valence-electron chi connectivity index (χ0n) is 24.1. The van der Waals surface area contributed by atoms with Crippen LogP contribution in [0.5, 0.6) is 5.75 Å². The van der Waals surface area contributed by atoms with Gasteiger partial charge < -0.3 is 14.5 Å². The van der Waals surface area contributed by atoms with Gasteiger partial charge in [-0.3, -0.25) is 14.6 Å². The number of benzene rings is 2. The molecule has 1 amide bonds. The van der Waals surface area contributed by atoms with Crippen LogP contribution in [-0.4, -0.2) is 62.9 Å². The molecule has 4 heterocycles. The summed E-state index contributed by atoms with van der Waals surface area (Å²) >= 11 is 0. The van der Waals surface area contributed by atoms with Crippen molar-refractivity contribution in [2.24, 2.45) is 0 Å². The summed E-state index contributed by atoms with van der Waals surface area (Å²) in [5.74, 6) is -0.938. The largest absolute Gasteiger partial charge is 0.573 e. The molecule has 0 aliphatic carbocycles. The summed E-state index contributed by atoms with van der Waals surface area (Å²) in [6.07, 6.45) is -0.495. The van der Waals surface area contributed by atoms with E-state index < -0.39 is 17.7 Å². The maximum atomic E-state index is 13.8. The third kappa shape index (κ3) is 5.40. The van der Waals surface area contributed by atoms with Crippen LogP contribution in [0.2, 0.25) is 0 Å². The molecule has 0 N–H and O–H groups in total. The Morgan fingerprint density at radius 1 is 0.932 bits per heavy atom. The number of halogens is 4. The SMILES string of the molecule is Cc1cc(OC(F)(F)F)cc(C)c1N1CCC(=O)C12CCN(C(=O)c1cc(-c3ccncc3)n(-c3ccc(F)cc3)n1)CC2. The van der Waals surface area contributed by atoms with Crippen molar-refractivity contribution in [2.75, 3.05) is 24.5 Å². The first-order chi connectivity index (χ1) is 20.9. The predicted molar refractivity (Wildman–Crippen MR) is 154 cm³/mol. The Hall–Kier alpha value is -4.74. The van der Waals surface area contributed by atoms with Crippen molar-refractivity contribution in [1.29, 1.82) is 0 Å². The number of Topliss-reactive ketones (excluding diaryl/α,β-unsaturated/α-hetero) is 1. The molecule has 2 fully saturated rings. The lowest BCUT2D eigenvalue weighted by Crippen LogP contribution is -2.57. The topological polar surface area (TPSA) is 80.6 Å². The highest BCUT2D eigenvalue weighted by molar-refractivity contribution is 5.97. The summed E-state index contributed by atoms with van der Waals surface area (Å²) in [5.41, 5.74) is 3.20. The van der Waals surface area contributed by atoms with Crippen LogP contribution in [0.3, 0.4) is 0 Å². The van der Waals surface area contributed by atoms with Gasteiger partial charge in [0.25, 0.3) is 5.91 Å². The number of likely N-dealkylation sites (tertiary alicyclic amines) is 1. The lowest BCUT2D eigenvalue weighted by Gasteiger charge is -2.45. The van der Waals surface area contributed by atoms with Crippen molar-refractivity contribution in [1.82, 2.24) is 19.7 Å². The fourth-order valence-corrected chi connectivity index (χ4v) is 6.45. The van der Waals surface area contributed by atoms with E-state index in [2.05, 4.69) is 14.8 Å². The number of alkyl halides is 3. The molecule has 0 radical (unpaired) electrons. The number of nitrogens with zero attached hydrogens (tertiary/aromatic N) is 5. The molecule has 2 aliphatic rings. The Balaban J connectivity index is 1.26. The average Bonchev–Trinajstić information content (AvgIpc) is 3.55. The van der Waals surface area contributed by atoms with Crippen molar-refractivity contribution in [3.63, 3.8) is 0 Å². The van der Waals surface area contributed by atoms with Crippen LogP contribution < -0.4 is 9.64 Å². The smallest absolute Gasteiger partial charge is 0.406 e. The molecule has 8 nitrogen and oxygen atoms in total. The maximum absolute atomic E-state index is 13.8. The third-order valence-electron chi connectivity index (χ3n) is 8.42. The third-order valence-corrected chi connectivity index (χ3v) is 8.42. The number of pyridine rings is 1. The van der Waals surface area contributed by atoms with Gasteiger partial charge in [-0.1, -0.05) is 0 Å². The standard InChI is InChI=1S/C32H29F4N5O3/c1-20-17-25(44-32(34,35)36)18-21(2)29(20)40-14-9-28(42)31(40)10-15-39(16-11-31)30(43)26-19-27(22-7-12-37-13-8-22)41(38-26)24-5-3-23(33)4-6-24/h3-8,12-13,17-19H,9-11,14-16H2,1-2H3. The summed E-state index contributed by atoms with van der Waals surface area (Å²) in [6, 6.07) is 13.8. The quantitative estimate of drug-likeness (QED) is 0.257. The summed E-state index contributed by atoms with van der Waals surface area (Å²) < 4.78 is 57.9. The van der Waals surface area contributed by atoms with E-state index in [1.807, 2.05) is 4.90 Å². The number of ketones is 1. The van der Waals surface area contributed by atoms with Crippen molar-refractivity contribution >= 4 is 17.4 Å². The van der Waals surface area contributed by atoms with E-state index in [1.54, 1.807) is 66.2 Å². The van der Waals surface area contributed by atoms with Crippen LogP contribution in [0, 0.1) is 19.7 Å². The Morgan fingerprint density at radius 2 is 1.57 bits per heavy atom. The minimum atomic E-state index is -4.81. The van der Waals surface area contributed by atoms with E-state index in [0.29, 0.717) is 67.1 Å². The summed E-state index contributed by atoms with van der Waals surface area (Å²) in [7, 11) is 0. The van der Waals surface area contributed by atoms with Crippen molar-refractivity contribution in [2.45, 2.75) is 45.0 Å². The summed E-state index contributed by atoms with van der Waals surface area (Å²) in [6.45, 7) is 4.44. The summed E-state index contributed by atoms with van der Waals surface area (Å²) in [4.78, 5) is 34.9. The Kier molecular flexibility index (Phi) is 7.38. The highest BCUT2D eigenvalue weighted by Gasteiger charge is 2.51. The van der Waals surface area contributed by atoms with Gasteiger partial charge in [0.1, 0.15) is 17.1 Å². The van der Waals surface area contributed by atoms with E-state index >= 15 is 0 Å². The predicted octanol–water partition coefficient (Wildman–Crippen LogP) is 6.04. The molecule has 44 heavy (non-hydrogen) atoms. The van der Waals surface area contributed by atoms with Crippen molar-refractivity contribution in [3.8, 4) is 22.7 Å². The molecule has 228 valence electrons. The number of piperidine rings is 1. The van der Waals surface area contributed by atoms with Crippen molar-refractivity contribution < 1.29 is 31.9 Å². The maximum Gasteiger partial charge on any atom is 0.573 e. The van der Waals surface area contributed by atoms with E-state index in [0.717, 1.165) is 5.56 Å². The van der Waals surface area contributed by atoms with Crippen LogP contribution in [0.4, 0.5) is 23.2 Å². The van der Waals surface area contributed by atoms with E-state index in [9.17, 15) is 27.2 Å². The number of hydrogen-bond acceptors (Lipinski definition) is 6. The Labute approximate surface area is 250 Å². The molecule has 0 atom stereocenters. The van der Waals surface area contributed by atoms with Crippen LogP contribution in [0.1, 0.15) is 40.9 Å². The van der Waals surface area contributed by atoms with Gasteiger partial charge in [-0.15, -0.1) is 13.2 Å². The zero-order valence-corrected chi connectivity index (χ0v) is 24.1. The molecule has 0 unspecified atom stereocenters. The highest BCUT2D eigenvalue weighted by atomic mass is 19.4. The van der Waals surface area contributed by atoms with Gasteiger partial charge in [0.15, 0.2) is 11.5 Å². The van der Waals surface area contributed by atoms with Gasteiger partial charge >= 0.3 is 6.36 Å². The first-order valence-corrected chi connectivity index (χ1v) is 14.2. The van der Waals surface area contributed by atoms with Gasteiger partial charge in [-0.2, -0.15) is 5.10 Å². The minimum absolute atomic E-state index is 0.0552. The first-order valence-electron chi connectivity index (χ1n) is 14.2. The highest BCUT2D eigenvalue weighted by Crippen LogP contribution is 2.43. The number of aromatic nitrogens is 3. The number of hydrogen-bond donors (Lipinski definition) is 0. The second-order valence-corrected chi connectivity index (χ2v) is 11.1. The van der Waals surface area contributed by atoms with Gasteiger partial charge in [0.2, 0.25) is 0 Å². The number of rotatable bonds is 5. The monoisotopic (exact) mass is 607 g/mol. The number of carbonyl (C=O) groups is 2. The first kappa shape index (κ1) is 29.3. The fraction of sp³-hybridized carbons (Fsp3) is 0.312. The molecule has 6 rings (SSSR count). The molecule has 2 aliphatic heterocycles. The molecule has 12 heteroatoms. The van der Waals surface area contributed by atoms with Gasteiger partial charge in [-0.05, 0) is 92.4 Å². The molecule has 4 aromatic rings. The van der Waals surface area contributed by atoms with E-state index in [4.69, 9.17) is 0 Å². The van der Waals surface area contributed by atoms with Crippen LogP contribution in [-0.2, 0) is 4.79 Å². The molecular formula is C32H29F4N5O3. The zero-order chi connectivity index (χ0) is 31.2. The van der Waals surface area contributed by atoms with Crippen LogP contribution in [0.15, 0.2) is 67.0 Å². The number of ether oxygens (including phenoxy) is 1. The molecule has 0 saturated carbocycles. The number of anilines is 1. The molecule has 1 spiro atoms.